The van der Waals surface area contributed by atoms with Gasteiger partial charge in [0, 0.05) is 29.6 Å². The van der Waals surface area contributed by atoms with Crippen molar-refractivity contribution in [2.24, 2.45) is 0 Å². The van der Waals surface area contributed by atoms with Crippen LogP contribution >= 0.6 is 0 Å². The van der Waals surface area contributed by atoms with Gasteiger partial charge < -0.3 is 19.9 Å². The Morgan fingerprint density at radius 3 is 2.76 bits per heavy atom. The number of hydrogen-bond acceptors (Lipinski definition) is 8. The number of aryl methyl sites for hydroxylation is 1. The Morgan fingerprint density at radius 2 is 2.00 bits per heavy atom. The second kappa shape index (κ2) is 10.5. The highest BCUT2D eigenvalue weighted by molar-refractivity contribution is 5.67. The summed E-state index contributed by atoms with van der Waals surface area (Å²) < 4.78 is 12.1. The number of fused-ring (bicyclic) bond motifs is 4. The van der Waals surface area contributed by atoms with Crippen LogP contribution in [0.3, 0.4) is 0 Å². The number of benzene rings is 1. The minimum Gasteiger partial charge on any atom is -0.476 e. The maximum atomic E-state index is 9.98. The third kappa shape index (κ3) is 4.36. The molecular formula is C29H36N6O2. The third-order valence-electron chi connectivity index (χ3n) is 8.15. The fraction of sp³-hybridized carbons (Fsp3) is 0.517. The van der Waals surface area contributed by atoms with E-state index < -0.39 is 0 Å². The molecule has 1 fully saturated rings. The molecule has 1 spiro atoms. The molecule has 2 aliphatic carbocycles. The Bertz CT molecular complexity index is 1310. The second-order valence-electron chi connectivity index (χ2n) is 10.1. The molecule has 194 valence electrons. The van der Waals surface area contributed by atoms with Crippen molar-refractivity contribution in [2.45, 2.75) is 76.7 Å². The maximum Gasteiger partial charge on any atom is 0.216 e. The molecule has 3 aromatic rings. The van der Waals surface area contributed by atoms with Crippen LogP contribution in [0.25, 0.3) is 11.5 Å². The van der Waals surface area contributed by atoms with Gasteiger partial charge in [-0.1, -0.05) is 25.1 Å². The van der Waals surface area contributed by atoms with Gasteiger partial charge in [0.15, 0.2) is 17.3 Å². The first-order chi connectivity index (χ1) is 18.1. The van der Waals surface area contributed by atoms with Gasteiger partial charge in [0.1, 0.15) is 12.7 Å². The SMILES string of the molecule is CC.CN1CCCC1COc1ccnc(-c2noc3c2CCC[C@]32CCCc3ccc(N)c(C#N)c32)n1. The van der Waals surface area contributed by atoms with Gasteiger partial charge in [-0.2, -0.15) is 10.2 Å². The Morgan fingerprint density at radius 1 is 1.19 bits per heavy atom. The molecule has 0 bridgehead atoms. The van der Waals surface area contributed by atoms with Crippen LogP contribution in [0.1, 0.15) is 80.4 Å². The zero-order valence-electron chi connectivity index (χ0n) is 22.1. The van der Waals surface area contributed by atoms with Crippen molar-refractivity contribution >= 4 is 5.69 Å². The summed E-state index contributed by atoms with van der Waals surface area (Å²) >= 11 is 0. The number of nitrogen functional groups attached to an aromatic ring is 1. The van der Waals surface area contributed by atoms with Crippen LogP contribution in [-0.4, -0.2) is 46.3 Å². The van der Waals surface area contributed by atoms with Gasteiger partial charge in [-0.25, -0.2) is 4.98 Å². The van der Waals surface area contributed by atoms with Crippen molar-refractivity contribution in [1.29, 1.82) is 5.26 Å². The van der Waals surface area contributed by atoms with Gasteiger partial charge >= 0.3 is 0 Å². The molecule has 8 nitrogen and oxygen atoms in total. The Hall–Kier alpha value is -3.44. The van der Waals surface area contributed by atoms with Gasteiger partial charge in [-0.05, 0) is 82.2 Å². The molecule has 1 aliphatic heterocycles. The number of likely N-dealkylation sites (tertiary alicyclic amines) is 1. The summed E-state index contributed by atoms with van der Waals surface area (Å²) in [5.74, 6) is 1.93. The van der Waals surface area contributed by atoms with Gasteiger partial charge in [0.05, 0.1) is 11.0 Å². The fourth-order valence-corrected chi connectivity index (χ4v) is 6.40. The highest BCUT2D eigenvalue weighted by Gasteiger charge is 2.47. The van der Waals surface area contributed by atoms with E-state index in [1.807, 2.05) is 19.9 Å². The molecule has 0 amide bonds. The average molecular weight is 501 g/mol. The number of rotatable bonds is 4. The largest absolute Gasteiger partial charge is 0.476 e. The van der Waals surface area contributed by atoms with Crippen LogP contribution in [0.2, 0.25) is 0 Å². The summed E-state index contributed by atoms with van der Waals surface area (Å²) in [7, 11) is 2.14. The molecule has 37 heavy (non-hydrogen) atoms. The normalized spacial score (nSPS) is 22.5. The molecular weight excluding hydrogens is 464 g/mol. The predicted molar refractivity (Wildman–Crippen MR) is 142 cm³/mol. The fourth-order valence-electron chi connectivity index (χ4n) is 6.40. The van der Waals surface area contributed by atoms with Crippen molar-refractivity contribution in [3.63, 3.8) is 0 Å². The zero-order valence-corrected chi connectivity index (χ0v) is 22.1. The van der Waals surface area contributed by atoms with Crippen molar-refractivity contribution in [1.82, 2.24) is 20.0 Å². The number of hydrogen-bond donors (Lipinski definition) is 1. The highest BCUT2D eigenvalue weighted by atomic mass is 16.5. The van der Waals surface area contributed by atoms with Crippen LogP contribution in [-0.2, 0) is 18.3 Å². The number of aromatic nitrogens is 3. The lowest BCUT2D eigenvalue weighted by molar-refractivity contribution is 0.193. The predicted octanol–water partition coefficient (Wildman–Crippen LogP) is 5.04. The summed E-state index contributed by atoms with van der Waals surface area (Å²) in [6.07, 6.45) is 9.70. The first kappa shape index (κ1) is 25.2. The zero-order chi connectivity index (χ0) is 26.0. The van der Waals surface area contributed by atoms with Crippen LogP contribution in [0.4, 0.5) is 5.69 Å². The molecule has 6 rings (SSSR count). The molecule has 3 aliphatic rings. The minimum atomic E-state index is -0.381. The molecule has 3 heterocycles. The van der Waals surface area contributed by atoms with Crippen molar-refractivity contribution in [3.05, 3.63) is 52.4 Å². The summed E-state index contributed by atoms with van der Waals surface area (Å²) in [6, 6.07) is 8.52. The van der Waals surface area contributed by atoms with Crippen molar-refractivity contribution in [3.8, 4) is 23.5 Å². The van der Waals surface area contributed by atoms with Crippen molar-refractivity contribution in [2.75, 3.05) is 25.9 Å². The quantitative estimate of drug-likeness (QED) is 0.495. The second-order valence-corrected chi connectivity index (χ2v) is 10.1. The summed E-state index contributed by atoms with van der Waals surface area (Å²) in [5, 5.41) is 14.5. The Labute approximate surface area is 218 Å². The topological polar surface area (TPSA) is 114 Å². The smallest absolute Gasteiger partial charge is 0.216 e. The van der Waals surface area contributed by atoms with E-state index in [9.17, 15) is 5.26 Å². The number of likely N-dealkylation sites (N-methyl/N-ethyl adjacent to an activating group) is 1. The average Bonchev–Trinajstić information content (AvgIpc) is 3.56. The molecule has 0 radical (unpaired) electrons. The molecule has 1 unspecified atom stereocenters. The third-order valence-corrected chi connectivity index (χ3v) is 8.15. The Balaban J connectivity index is 0.00000137. The number of anilines is 1. The number of nitriles is 1. The van der Waals surface area contributed by atoms with Gasteiger partial charge in [0.25, 0.3) is 0 Å². The molecule has 1 saturated heterocycles. The van der Waals surface area contributed by atoms with Crippen LogP contribution in [0.5, 0.6) is 5.88 Å². The van der Waals surface area contributed by atoms with Crippen LogP contribution in [0.15, 0.2) is 28.9 Å². The van der Waals surface area contributed by atoms with E-state index in [4.69, 9.17) is 15.0 Å². The Kier molecular flexibility index (Phi) is 7.16. The lowest BCUT2D eigenvalue weighted by atomic mass is 9.61. The molecule has 0 saturated carbocycles. The van der Waals surface area contributed by atoms with E-state index in [0.29, 0.717) is 41.3 Å². The first-order valence-electron chi connectivity index (χ1n) is 13.6. The summed E-state index contributed by atoms with van der Waals surface area (Å²) in [6.45, 7) is 5.72. The molecule has 8 heteroatoms. The number of nitrogens with zero attached hydrogens (tertiary/aromatic N) is 5. The summed E-state index contributed by atoms with van der Waals surface area (Å²) in [5.41, 5.74) is 10.9. The van der Waals surface area contributed by atoms with Gasteiger partial charge in [-0.3, -0.25) is 0 Å². The van der Waals surface area contributed by atoms with E-state index in [-0.39, 0.29) is 5.41 Å². The van der Waals surface area contributed by atoms with Gasteiger partial charge in [0.2, 0.25) is 5.88 Å². The maximum absolute atomic E-state index is 9.98. The van der Waals surface area contributed by atoms with E-state index in [1.54, 1.807) is 12.3 Å². The highest BCUT2D eigenvalue weighted by Crippen LogP contribution is 2.53. The molecule has 2 N–H and O–H groups in total. The van der Waals surface area contributed by atoms with E-state index in [2.05, 4.69) is 39.2 Å². The lowest BCUT2D eigenvalue weighted by Gasteiger charge is -2.41. The molecule has 1 aromatic carbocycles. The van der Waals surface area contributed by atoms with Gasteiger partial charge in [-0.15, -0.1) is 0 Å². The summed E-state index contributed by atoms with van der Waals surface area (Å²) in [4.78, 5) is 11.5. The minimum absolute atomic E-state index is 0.381. The monoisotopic (exact) mass is 500 g/mol. The van der Waals surface area contributed by atoms with E-state index >= 15 is 0 Å². The number of ether oxygens (including phenoxy) is 1. The standard InChI is InChI=1S/C27H30N6O2.C2H6/c1-33-14-4-6-18(33)16-34-22-10-13-30-26(31-22)24-19-7-3-12-27(25(19)35-32-24)11-2-5-17-8-9-21(29)20(15-28)23(17)27;1-2/h8-10,13,18H,2-7,11-12,14,16,29H2,1H3;1-2H3/t18?,27-;/m0./s1. The van der Waals surface area contributed by atoms with Crippen molar-refractivity contribution < 1.29 is 9.26 Å². The van der Waals surface area contributed by atoms with Crippen LogP contribution < -0.4 is 10.5 Å². The first-order valence-corrected chi connectivity index (χ1v) is 13.6. The molecule has 2 aromatic heterocycles. The number of nitrogens with two attached hydrogens (primary N) is 1. The van der Waals surface area contributed by atoms with E-state index in [0.717, 1.165) is 68.4 Å². The lowest BCUT2D eigenvalue weighted by Crippen LogP contribution is -2.36. The molecule has 2 atom stereocenters. The van der Waals surface area contributed by atoms with Crippen LogP contribution in [0, 0.1) is 11.3 Å². The van der Waals surface area contributed by atoms with E-state index in [1.165, 1.54) is 12.0 Å².